The van der Waals surface area contributed by atoms with E-state index in [4.69, 9.17) is 0 Å². The fourth-order valence-corrected chi connectivity index (χ4v) is 3.77. The van der Waals surface area contributed by atoms with Crippen LogP contribution in [0.15, 0.2) is 47.8 Å². The van der Waals surface area contributed by atoms with Crippen molar-refractivity contribution in [2.75, 3.05) is 26.2 Å². The zero-order valence-corrected chi connectivity index (χ0v) is 13.8. The highest BCUT2D eigenvalue weighted by Crippen LogP contribution is 2.25. The Morgan fingerprint density at radius 1 is 1.09 bits per heavy atom. The maximum atomic E-state index is 12.4. The molecule has 1 amide bonds. The fourth-order valence-electron chi connectivity index (χ4n) is 2.95. The molecule has 0 N–H and O–H groups in total. The summed E-state index contributed by atoms with van der Waals surface area (Å²) in [5.74, 6) is 0.245. The molecule has 22 heavy (non-hydrogen) atoms. The molecule has 0 saturated carbocycles. The maximum absolute atomic E-state index is 12.4. The predicted molar refractivity (Wildman–Crippen MR) is 91.0 cm³/mol. The largest absolute Gasteiger partial charge is 0.340 e. The fraction of sp³-hybridized carbons (Fsp3) is 0.389. The second-order valence-electron chi connectivity index (χ2n) is 5.77. The van der Waals surface area contributed by atoms with Crippen LogP contribution >= 0.6 is 11.3 Å². The van der Waals surface area contributed by atoms with Gasteiger partial charge in [0, 0.05) is 37.1 Å². The Kier molecular flexibility index (Phi) is 4.90. The highest BCUT2D eigenvalue weighted by Gasteiger charge is 2.24. The quantitative estimate of drug-likeness (QED) is 0.865. The van der Waals surface area contributed by atoms with Crippen LogP contribution in [-0.2, 0) is 11.2 Å². The highest BCUT2D eigenvalue weighted by molar-refractivity contribution is 7.10. The average Bonchev–Trinajstić information content (AvgIpc) is 3.10. The highest BCUT2D eigenvalue weighted by atomic mass is 32.1. The van der Waals surface area contributed by atoms with E-state index in [9.17, 15) is 4.79 Å². The SMILES string of the molecule is CC(c1cccs1)N1CCN(C(=O)Cc2ccccc2)CC1. The lowest BCUT2D eigenvalue weighted by atomic mass is 10.1. The van der Waals surface area contributed by atoms with Gasteiger partial charge < -0.3 is 4.90 Å². The van der Waals surface area contributed by atoms with Crippen molar-refractivity contribution in [3.8, 4) is 0 Å². The molecule has 2 heterocycles. The molecule has 0 bridgehead atoms. The first-order valence-electron chi connectivity index (χ1n) is 7.83. The number of thiophene rings is 1. The van der Waals surface area contributed by atoms with Gasteiger partial charge in [0.1, 0.15) is 0 Å². The Hall–Kier alpha value is -1.65. The Bertz CT molecular complexity index is 589. The smallest absolute Gasteiger partial charge is 0.227 e. The van der Waals surface area contributed by atoms with Gasteiger partial charge in [-0.1, -0.05) is 36.4 Å². The second-order valence-corrected chi connectivity index (χ2v) is 6.75. The minimum absolute atomic E-state index is 0.245. The number of hydrogen-bond acceptors (Lipinski definition) is 3. The summed E-state index contributed by atoms with van der Waals surface area (Å²) in [5.41, 5.74) is 1.10. The van der Waals surface area contributed by atoms with Gasteiger partial charge in [0.25, 0.3) is 0 Å². The van der Waals surface area contributed by atoms with E-state index < -0.39 is 0 Å². The van der Waals surface area contributed by atoms with Crippen LogP contribution in [0.3, 0.4) is 0 Å². The molecule has 3 nitrogen and oxygen atoms in total. The van der Waals surface area contributed by atoms with Crippen molar-refractivity contribution in [3.63, 3.8) is 0 Å². The van der Waals surface area contributed by atoms with Crippen molar-refractivity contribution in [1.29, 1.82) is 0 Å². The molecule has 1 aliphatic heterocycles. The number of hydrogen-bond donors (Lipinski definition) is 0. The average molecular weight is 314 g/mol. The molecule has 1 aromatic carbocycles. The monoisotopic (exact) mass is 314 g/mol. The molecule has 1 fully saturated rings. The topological polar surface area (TPSA) is 23.6 Å². The first-order chi connectivity index (χ1) is 10.7. The lowest BCUT2D eigenvalue weighted by Crippen LogP contribution is -2.49. The van der Waals surface area contributed by atoms with Crippen molar-refractivity contribution < 1.29 is 4.79 Å². The van der Waals surface area contributed by atoms with Crippen LogP contribution in [0.5, 0.6) is 0 Å². The van der Waals surface area contributed by atoms with Gasteiger partial charge in [0.15, 0.2) is 0 Å². The van der Waals surface area contributed by atoms with Crippen molar-refractivity contribution in [1.82, 2.24) is 9.80 Å². The van der Waals surface area contributed by atoms with Crippen LogP contribution in [0.4, 0.5) is 0 Å². The Morgan fingerprint density at radius 2 is 1.82 bits per heavy atom. The molecule has 0 radical (unpaired) electrons. The van der Waals surface area contributed by atoms with E-state index in [1.54, 1.807) is 0 Å². The molecule has 1 saturated heterocycles. The molecule has 1 atom stereocenters. The molecule has 1 aromatic heterocycles. The first kappa shape index (κ1) is 15.3. The molecule has 1 aliphatic rings. The minimum atomic E-state index is 0.245. The maximum Gasteiger partial charge on any atom is 0.227 e. The summed E-state index contributed by atoms with van der Waals surface area (Å²) in [4.78, 5) is 18.3. The summed E-state index contributed by atoms with van der Waals surface area (Å²) in [5, 5.41) is 2.13. The van der Waals surface area contributed by atoms with E-state index >= 15 is 0 Å². The molecular weight excluding hydrogens is 292 g/mol. The van der Waals surface area contributed by atoms with E-state index in [-0.39, 0.29) is 5.91 Å². The van der Waals surface area contributed by atoms with Gasteiger partial charge in [0.05, 0.1) is 6.42 Å². The van der Waals surface area contributed by atoms with Crippen molar-refractivity contribution in [2.45, 2.75) is 19.4 Å². The third-order valence-corrected chi connectivity index (χ3v) is 5.41. The summed E-state index contributed by atoms with van der Waals surface area (Å²) in [6.07, 6.45) is 0.515. The van der Waals surface area contributed by atoms with E-state index in [0.717, 1.165) is 31.7 Å². The third-order valence-electron chi connectivity index (χ3n) is 4.37. The Morgan fingerprint density at radius 3 is 2.45 bits per heavy atom. The number of rotatable bonds is 4. The van der Waals surface area contributed by atoms with E-state index in [0.29, 0.717) is 12.5 Å². The zero-order chi connectivity index (χ0) is 15.4. The van der Waals surface area contributed by atoms with Crippen LogP contribution in [0.2, 0.25) is 0 Å². The van der Waals surface area contributed by atoms with Crippen LogP contribution in [-0.4, -0.2) is 41.9 Å². The molecule has 3 rings (SSSR count). The lowest BCUT2D eigenvalue weighted by Gasteiger charge is -2.37. The van der Waals surface area contributed by atoms with Gasteiger partial charge in [-0.05, 0) is 23.9 Å². The van der Waals surface area contributed by atoms with E-state index in [2.05, 4.69) is 29.3 Å². The first-order valence-corrected chi connectivity index (χ1v) is 8.71. The van der Waals surface area contributed by atoms with E-state index in [1.165, 1.54) is 4.88 Å². The summed E-state index contributed by atoms with van der Waals surface area (Å²) in [6.45, 7) is 5.84. The van der Waals surface area contributed by atoms with Gasteiger partial charge in [-0.15, -0.1) is 11.3 Å². The van der Waals surface area contributed by atoms with Crippen LogP contribution in [0.25, 0.3) is 0 Å². The standard InChI is InChI=1S/C18H22N2OS/c1-15(17-8-5-13-22-17)19-9-11-20(12-10-19)18(21)14-16-6-3-2-4-7-16/h2-8,13,15H,9-12,14H2,1H3. The van der Waals surface area contributed by atoms with Crippen molar-refractivity contribution in [3.05, 3.63) is 58.3 Å². The molecule has 2 aromatic rings. The summed E-state index contributed by atoms with van der Waals surface area (Å²) in [6, 6.07) is 14.8. The predicted octanol–water partition coefficient (Wildman–Crippen LogP) is 3.20. The molecule has 116 valence electrons. The van der Waals surface area contributed by atoms with E-state index in [1.807, 2.05) is 46.6 Å². The molecule has 4 heteroatoms. The molecule has 0 spiro atoms. The van der Waals surface area contributed by atoms with Gasteiger partial charge in [-0.3, -0.25) is 9.69 Å². The van der Waals surface area contributed by atoms with Gasteiger partial charge in [-0.2, -0.15) is 0 Å². The number of carbonyl (C=O) groups excluding carboxylic acids is 1. The zero-order valence-electron chi connectivity index (χ0n) is 12.9. The summed E-state index contributed by atoms with van der Waals surface area (Å²) in [7, 11) is 0. The molecular formula is C18H22N2OS. The number of nitrogens with zero attached hydrogens (tertiary/aromatic N) is 2. The summed E-state index contributed by atoms with van der Waals surface area (Å²) < 4.78 is 0. The number of amides is 1. The summed E-state index contributed by atoms with van der Waals surface area (Å²) >= 11 is 1.81. The van der Waals surface area contributed by atoms with Crippen LogP contribution in [0, 0.1) is 0 Å². The number of benzene rings is 1. The second kappa shape index (κ2) is 7.07. The normalized spacial score (nSPS) is 17.4. The van der Waals surface area contributed by atoms with Gasteiger partial charge in [-0.25, -0.2) is 0 Å². The third kappa shape index (κ3) is 3.57. The van der Waals surface area contributed by atoms with Gasteiger partial charge in [0.2, 0.25) is 5.91 Å². The van der Waals surface area contributed by atoms with Crippen LogP contribution in [0.1, 0.15) is 23.4 Å². The Labute approximate surface area is 136 Å². The Balaban J connectivity index is 1.52. The molecule has 1 unspecified atom stereocenters. The van der Waals surface area contributed by atoms with Crippen LogP contribution < -0.4 is 0 Å². The lowest BCUT2D eigenvalue weighted by molar-refractivity contribution is -0.132. The number of carbonyl (C=O) groups is 1. The minimum Gasteiger partial charge on any atom is -0.340 e. The van der Waals surface area contributed by atoms with Crippen molar-refractivity contribution >= 4 is 17.2 Å². The van der Waals surface area contributed by atoms with Gasteiger partial charge >= 0.3 is 0 Å². The number of piperazine rings is 1. The molecule has 0 aliphatic carbocycles. The van der Waals surface area contributed by atoms with Crippen molar-refractivity contribution in [2.24, 2.45) is 0 Å².